The van der Waals surface area contributed by atoms with E-state index in [9.17, 15) is 5.11 Å². The number of hydrogen-bond donors (Lipinski definition) is 3. The van der Waals surface area contributed by atoms with Gasteiger partial charge in [-0.3, -0.25) is 0 Å². The molecule has 0 heterocycles. The summed E-state index contributed by atoms with van der Waals surface area (Å²) in [6, 6.07) is 5.88. The fourth-order valence-corrected chi connectivity index (χ4v) is 3.06. The minimum absolute atomic E-state index is 0.151. The number of phenolic OH excluding ortho intramolecular Hbond substituents is 1. The first-order valence-corrected chi connectivity index (χ1v) is 8.84. The molecule has 1 aliphatic rings. The summed E-state index contributed by atoms with van der Waals surface area (Å²) in [6.45, 7) is 8.11. The van der Waals surface area contributed by atoms with Crippen LogP contribution in [0, 0.1) is 5.41 Å². The summed E-state index contributed by atoms with van der Waals surface area (Å²) in [6.07, 6.45) is 4.86. The van der Waals surface area contributed by atoms with Gasteiger partial charge in [-0.05, 0) is 55.7 Å². The molecule has 134 valence electrons. The van der Waals surface area contributed by atoms with Crippen molar-refractivity contribution < 1.29 is 9.84 Å². The van der Waals surface area contributed by atoms with E-state index in [2.05, 4.69) is 36.4 Å². The largest absolute Gasteiger partial charge is 0.504 e. The van der Waals surface area contributed by atoms with Gasteiger partial charge in [-0.25, -0.2) is 4.99 Å². The highest BCUT2D eigenvalue weighted by molar-refractivity contribution is 5.80. The van der Waals surface area contributed by atoms with E-state index in [0.717, 1.165) is 18.1 Å². The highest BCUT2D eigenvalue weighted by Crippen LogP contribution is 2.35. The highest BCUT2D eigenvalue weighted by atomic mass is 16.5. The predicted molar refractivity (Wildman–Crippen MR) is 98.6 cm³/mol. The maximum atomic E-state index is 9.87. The third-order valence-corrected chi connectivity index (χ3v) is 4.69. The number of aliphatic imine (C=N–C) groups is 1. The quantitative estimate of drug-likeness (QED) is 0.570. The zero-order valence-corrected chi connectivity index (χ0v) is 15.4. The lowest BCUT2D eigenvalue weighted by Gasteiger charge is -2.35. The number of phenols is 1. The van der Waals surface area contributed by atoms with E-state index in [1.807, 2.05) is 6.07 Å². The fraction of sp³-hybridized carbons (Fsp3) is 0.632. The van der Waals surface area contributed by atoms with Gasteiger partial charge in [0.15, 0.2) is 17.5 Å². The van der Waals surface area contributed by atoms with E-state index in [1.54, 1.807) is 19.2 Å². The molecular formula is C19H31N3O2. The number of rotatable bonds is 5. The summed E-state index contributed by atoms with van der Waals surface area (Å²) in [4.78, 5) is 4.65. The van der Waals surface area contributed by atoms with Gasteiger partial charge in [-0.15, -0.1) is 0 Å². The van der Waals surface area contributed by atoms with Crippen LogP contribution in [0.3, 0.4) is 0 Å². The molecule has 0 spiro atoms. The van der Waals surface area contributed by atoms with Gasteiger partial charge < -0.3 is 20.5 Å². The predicted octanol–water partition coefficient (Wildman–Crippen LogP) is 3.42. The molecule has 0 radical (unpaired) electrons. The van der Waals surface area contributed by atoms with Crippen molar-refractivity contribution in [2.75, 3.05) is 13.7 Å². The SMILES string of the molecule is CCNC(=NCc1ccc(OC)c(O)c1)NC1CCC(C)(C)CC1. The van der Waals surface area contributed by atoms with Crippen LogP contribution in [-0.2, 0) is 6.54 Å². The Bertz CT molecular complexity index is 560. The second-order valence-corrected chi connectivity index (χ2v) is 7.28. The van der Waals surface area contributed by atoms with Crippen LogP contribution in [0.15, 0.2) is 23.2 Å². The average Bonchev–Trinajstić information content (AvgIpc) is 2.55. The number of nitrogens with zero attached hydrogens (tertiary/aromatic N) is 1. The standard InChI is InChI=1S/C19H31N3O2/c1-5-20-18(22-15-8-10-19(2,3)11-9-15)21-13-14-6-7-17(24-4)16(23)12-14/h6-7,12,15,23H,5,8-11,13H2,1-4H3,(H2,20,21,22). The molecule has 0 atom stereocenters. The highest BCUT2D eigenvalue weighted by Gasteiger charge is 2.27. The average molecular weight is 333 g/mol. The van der Waals surface area contributed by atoms with Gasteiger partial charge in [0.05, 0.1) is 13.7 Å². The summed E-state index contributed by atoms with van der Waals surface area (Å²) in [5.74, 6) is 1.48. The second-order valence-electron chi connectivity index (χ2n) is 7.28. The number of methoxy groups -OCH3 is 1. The van der Waals surface area contributed by atoms with Gasteiger partial charge >= 0.3 is 0 Å². The maximum absolute atomic E-state index is 9.87. The molecule has 0 aromatic heterocycles. The second kappa shape index (κ2) is 8.27. The van der Waals surface area contributed by atoms with Crippen LogP contribution in [0.5, 0.6) is 11.5 Å². The molecular weight excluding hydrogens is 302 g/mol. The van der Waals surface area contributed by atoms with Gasteiger partial charge in [-0.1, -0.05) is 19.9 Å². The van der Waals surface area contributed by atoms with Crippen molar-refractivity contribution in [3.05, 3.63) is 23.8 Å². The monoisotopic (exact) mass is 333 g/mol. The minimum atomic E-state index is 0.151. The molecule has 0 saturated heterocycles. The van der Waals surface area contributed by atoms with Gasteiger partial charge in [0.2, 0.25) is 0 Å². The maximum Gasteiger partial charge on any atom is 0.191 e. The van der Waals surface area contributed by atoms with Gasteiger partial charge in [0.25, 0.3) is 0 Å². The molecule has 0 amide bonds. The van der Waals surface area contributed by atoms with Crippen molar-refractivity contribution in [1.82, 2.24) is 10.6 Å². The van der Waals surface area contributed by atoms with E-state index in [0.29, 0.717) is 23.8 Å². The van der Waals surface area contributed by atoms with Crippen molar-refractivity contribution in [2.45, 2.75) is 59.0 Å². The molecule has 1 aromatic carbocycles. The lowest BCUT2D eigenvalue weighted by atomic mass is 9.75. The molecule has 0 aliphatic heterocycles. The number of nitrogens with one attached hydrogen (secondary N) is 2. The van der Waals surface area contributed by atoms with E-state index < -0.39 is 0 Å². The van der Waals surface area contributed by atoms with Crippen molar-refractivity contribution in [3.63, 3.8) is 0 Å². The molecule has 5 heteroatoms. The Morgan fingerprint density at radius 3 is 2.62 bits per heavy atom. The Balaban J connectivity index is 1.96. The van der Waals surface area contributed by atoms with E-state index in [-0.39, 0.29) is 5.75 Å². The number of benzene rings is 1. The van der Waals surface area contributed by atoms with Crippen LogP contribution in [0.25, 0.3) is 0 Å². The molecule has 5 nitrogen and oxygen atoms in total. The van der Waals surface area contributed by atoms with Gasteiger partial charge in [-0.2, -0.15) is 0 Å². The Hall–Kier alpha value is -1.91. The number of guanidine groups is 1. The minimum Gasteiger partial charge on any atom is -0.504 e. The van der Waals surface area contributed by atoms with Gasteiger partial charge in [0.1, 0.15) is 0 Å². The summed E-state index contributed by atoms with van der Waals surface area (Å²) in [7, 11) is 1.55. The van der Waals surface area contributed by atoms with E-state index >= 15 is 0 Å². The van der Waals surface area contributed by atoms with Crippen LogP contribution in [-0.4, -0.2) is 30.8 Å². The van der Waals surface area contributed by atoms with Crippen LogP contribution in [0.1, 0.15) is 52.0 Å². The normalized spacial score (nSPS) is 18.2. The van der Waals surface area contributed by atoms with Crippen LogP contribution >= 0.6 is 0 Å². The van der Waals surface area contributed by atoms with E-state index in [4.69, 9.17) is 4.74 Å². The first-order valence-electron chi connectivity index (χ1n) is 8.84. The zero-order valence-electron chi connectivity index (χ0n) is 15.4. The topological polar surface area (TPSA) is 65.9 Å². The molecule has 3 N–H and O–H groups in total. The smallest absolute Gasteiger partial charge is 0.191 e. The number of ether oxygens (including phenoxy) is 1. The number of hydrogen-bond acceptors (Lipinski definition) is 3. The lowest BCUT2D eigenvalue weighted by Crippen LogP contribution is -2.45. The Morgan fingerprint density at radius 2 is 2.04 bits per heavy atom. The van der Waals surface area contributed by atoms with Crippen molar-refractivity contribution in [2.24, 2.45) is 10.4 Å². The molecule has 1 aromatic rings. The third kappa shape index (κ3) is 5.32. The zero-order chi connectivity index (χ0) is 17.6. The molecule has 1 fully saturated rings. The van der Waals surface area contributed by atoms with E-state index in [1.165, 1.54) is 25.7 Å². The summed E-state index contributed by atoms with van der Waals surface area (Å²) in [5, 5.41) is 16.7. The molecule has 1 saturated carbocycles. The molecule has 2 rings (SSSR count). The summed E-state index contributed by atoms with van der Waals surface area (Å²) < 4.78 is 5.07. The molecule has 1 aliphatic carbocycles. The van der Waals surface area contributed by atoms with Crippen molar-refractivity contribution >= 4 is 5.96 Å². The van der Waals surface area contributed by atoms with Gasteiger partial charge in [0, 0.05) is 12.6 Å². The Labute approximate surface area is 145 Å². The first kappa shape index (κ1) is 18.4. The lowest BCUT2D eigenvalue weighted by molar-refractivity contribution is 0.216. The Morgan fingerprint density at radius 1 is 1.33 bits per heavy atom. The third-order valence-electron chi connectivity index (χ3n) is 4.69. The molecule has 0 unspecified atom stereocenters. The molecule has 24 heavy (non-hydrogen) atoms. The fourth-order valence-electron chi connectivity index (χ4n) is 3.06. The summed E-state index contributed by atoms with van der Waals surface area (Å²) >= 11 is 0. The van der Waals surface area contributed by atoms with Crippen LogP contribution in [0.2, 0.25) is 0 Å². The van der Waals surface area contributed by atoms with Crippen molar-refractivity contribution in [3.8, 4) is 11.5 Å². The molecule has 0 bridgehead atoms. The number of aromatic hydroxyl groups is 1. The van der Waals surface area contributed by atoms with Crippen LogP contribution in [0.4, 0.5) is 0 Å². The van der Waals surface area contributed by atoms with Crippen LogP contribution < -0.4 is 15.4 Å². The first-order chi connectivity index (χ1) is 11.4. The summed E-state index contributed by atoms with van der Waals surface area (Å²) in [5.41, 5.74) is 1.42. The Kier molecular flexibility index (Phi) is 6.35. The van der Waals surface area contributed by atoms with Crippen molar-refractivity contribution in [1.29, 1.82) is 0 Å².